The lowest BCUT2D eigenvalue weighted by atomic mass is 10.2. The summed E-state index contributed by atoms with van der Waals surface area (Å²) < 4.78 is 0. The van der Waals surface area contributed by atoms with Crippen LogP contribution < -0.4 is 5.73 Å². The lowest BCUT2D eigenvalue weighted by molar-refractivity contribution is -0.120. The van der Waals surface area contributed by atoms with Gasteiger partial charge in [0, 0.05) is 13.0 Å². The molecule has 0 aliphatic heterocycles. The molecule has 1 aliphatic carbocycles. The van der Waals surface area contributed by atoms with Gasteiger partial charge in [0.1, 0.15) is 0 Å². The van der Waals surface area contributed by atoms with Gasteiger partial charge in [0.05, 0.1) is 6.54 Å². The summed E-state index contributed by atoms with van der Waals surface area (Å²) in [6.07, 6.45) is 1.96. The van der Waals surface area contributed by atoms with Crippen molar-refractivity contribution >= 4 is 11.8 Å². The van der Waals surface area contributed by atoms with Crippen LogP contribution in [0.25, 0.3) is 0 Å². The maximum Gasteiger partial charge on any atom is 0.314 e. The molecule has 0 saturated heterocycles. The largest absolute Gasteiger partial charge is 0.351 e. The highest BCUT2D eigenvalue weighted by molar-refractivity contribution is 5.88. The Balaban J connectivity index is 2.28. The molecular formula is C7H12N2O2. The molecule has 0 atom stereocenters. The van der Waals surface area contributed by atoms with Crippen LogP contribution in [0.3, 0.4) is 0 Å². The molecule has 0 heterocycles. The molecule has 2 N–H and O–H groups in total. The predicted molar refractivity (Wildman–Crippen MR) is 39.9 cm³/mol. The van der Waals surface area contributed by atoms with Crippen molar-refractivity contribution in [1.82, 2.24) is 4.90 Å². The summed E-state index contributed by atoms with van der Waals surface area (Å²) in [7, 11) is 1.53. The molecule has 0 spiro atoms. The Morgan fingerprint density at radius 3 is 2.45 bits per heavy atom. The van der Waals surface area contributed by atoms with Gasteiger partial charge in [-0.1, -0.05) is 0 Å². The number of hydrogen-bond acceptors (Lipinski definition) is 2. The van der Waals surface area contributed by atoms with Crippen LogP contribution in [0.4, 0.5) is 4.79 Å². The number of hydrogen-bond donors (Lipinski definition) is 1. The summed E-state index contributed by atoms with van der Waals surface area (Å²) in [4.78, 5) is 22.8. The van der Waals surface area contributed by atoms with E-state index in [2.05, 4.69) is 0 Å². The van der Waals surface area contributed by atoms with Crippen LogP contribution >= 0.6 is 0 Å². The van der Waals surface area contributed by atoms with E-state index in [1.165, 1.54) is 11.9 Å². The van der Waals surface area contributed by atoms with Gasteiger partial charge < -0.3 is 10.6 Å². The van der Waals surface area contributed by atoms with Crippen molar-refractivity contribution < 1.29 is 9.59 Å². The number of carbonyl (C=O) groups excluding carboxylic acids is 2. The standard InChI is InChI=1S/C7H12N2O2/c1-9(7(8)11)4-6(10)5-2-3-5/h5H,2-4H2,1H3,(H2,8,11). The Morgan fingerprint density at radius 1 is 1.55 bits per heavy atom. The number of rotatable bonds is 3. The van der Waals surface area contributed by atoms with Crippen LogP contribution in [0.2, 0.25) is 0 Å². The second kappa shape index (κ2) is 2.90. The molecule has 0 bridgehead atoms. The Hall–Kier alpha value is -1.06. The Kier molecular flexibility index (Phi) is 2.12. The van der Waals surface area contributed by atoms with Crippen molar-refractivity contribution in [3.05, 3.63) is 0 Å². The van der Waals surface area contributed by atoms with Crippen LogP contribution in [0, 0.1) is 5.92 Å². The minimum absolute atomic E-state index is 0.131. The number of primary amides is 1. The highest BCUT2D eigenvalue weighted by Gasteiger charge is 2.30. The molecule has 62 valence electrons. The van der Waals surface area contributed by atoms with E-state index in [4.69, 9.17) is 5.73 Å². The lowest BCUT2D eigenvalue weighted by Crippen LogP contribution is -2.36. The number of nitrogens with zero attached hydrogens (tertiary/aromatic N) is 1. The third-order valence-electron chi connectivity index (χ3n) is 1.80. The number of amides is 2. The van der Waals surface area contributed by atoms with Crippen molar-refractivity contribution in [2.45, 2.75) is 12.8 Å². The quantitative estimate of drug-likeness (QED) is 0.624. The smallest absolute Gasteiger partial charge is 0.314 e. The van der Waals surface area contributed by atoms with Gasteiger partial charge in [-0.25, -0.2) is 4.79 Å². The lowest BCUT2D eigenvalue weighted by Gasteiger charge is -2.11. The van der Waals surface area contributed by atoms with E-state index in [9.17, 15) is 9.59 Å². The summed E-state index contributed by atoms with van der Waals surface area (Å²) in [6.45, 7) is 0.167. The third kappa shape index (κ3) is 2.22. The van der Waals surface area contributed by atoms with Gasteiger partial charge >= 0.3 is 6.03 Å². The Labute approximate surface area is 65.3 Å². The molecular weight excluding hydrogens is 144 g/mol. The zero-order valence-electron chi connectivity index (χ0n) is 6.54. The second-order valence-corrected chi connectivity index (χ2v) is 2.93. The van der Waals surface area contributed by atoms with Crippen LogP contribution in [0.5, 0.6) is 0 Å². The first-order valence-corrected chi connectivity index (χ1v) is 3.64. The highest BCUT2D eigenvalue weighted by atomic mass is 16.2. The molecule has 2 amide bonds. The molecule has 1 saturated carbocycles. The van der Waals surface area contributed by atoms with Crippen molar-refractivity contribution in [2.75, 3.05) is 13.6 Å². The van der Waals surface area contributed by atoms with Crippen LogP contribution in [0.15, 0.2) is 0 Å². The van der Waals surface area contributed by atoms with E-state index in [1.54, 1.807) is 0 Å². The molecule has 1 aliphatic rings. The summed E-state index contributed by atoms with van der Waals surface area (Å²) in [6, 6.07) is -0.543. The zero-order valence-corrected chi connectivity index (χ0v) is 6.54. The molecule has 4 heteroatoms. The van der Waals surface area contributed by atoms with Gasteiger partial charge in [-0.2, -0.15) is 0 Å². The van der Waals surface area contributed by atoms with Crippen molar-refractivity contribution in [3.8, 4) is 0 Å². The van der Waals surface area contributed by atoms with Gasteiger partial charge in [-0.05, 0) is 12.8 Å². The first-order chi connectivity index (χ1) is 5.11. The molecule has 1 fully saturated rings. The third-order valence-corrected chi connectivity index (χ3v) is 1.80. The van der Waals surface area contributed by atoms with Crippen molar-refractivity contribution in [3.63, 3.8) is 0 Å². The molecule has 0 aromatic heterocycles. The van der Waals surface area contributed by atoms with Crippen molar-refractivity contribution in [2.24, 2.45) is 11.7 Å². The molecule has 1 rings (SSSR count). The number of Topliss-reactive ketones (excluding diaryl/α,β-unsaturated/α-hetero) is 1. The fourth-order valence-electron chi connectivity index (χ4n) is 0.846. The SMILES string of the molecule is CN(CC(=O)C1CC1)C(N)=O. The zero-order chi connectivity index (χ0) is 8.43. The normalized spacial score (nSPS) is 16.1. The van der Waals surface area contributed by atoms with Crippen LogP contribution in [-0.2, 0) is 4.79 Å². The van der Waals surface area contributed by atoms with Gasteiger partial charge in [0.2, 0.25) is 0 Å². The number of carbonyl (C=O) groups is 2. The van der Waals surface area contributed by atoms with Gasteiger partial charge in [0.25, 0.3) is 0 Å². The number of ketones is 1. The second-order valence-electron chi connectivity index (χ2n) is 2.93. The monoisotopic (exact) mass is 156 g/mol. The van der Waals surface area contributed by atoms with E-state index in [0.717, 1.165) is 12.8 Å². The van der Waals surface area contributed by atoms with Gasteiger partial charge in [-0.3, -0.25) is 4.79 Å². The molecule has 4 nitrogen and oxygen atoms in total. The average Bonchev–Trinajstić information content (AvgIpc) is 2.67. The molecule has 11 heavy (non-hydrogen) atoms. The van der Waals surface area contributed by atoms with E-state index in [0.29, 0.717) is 0 Å². The number of nitrogens with two attached hydrogens (primary N) is 1. The van der Waals surface area contributed by atoms with Gasteiger partial charge in [0.15, 0.2) is 5.78 Å². The van der Waals surface area contributed by atoms with E-state index in [1.807, 2.05) is 0 Å². The fraction of sp³-hybridized carbons (Fsp3) is 0.714. The van der Waals surface area contributed by atoms with Crippen LogP contribution in [-0.4, -0.2) is 30.3 Å². The maximum atomic E-state index is 11.1. The van der Waals surface area contributed by atoms with Crippen molar-refractivity contribution in [1.29, 1.82) is 0 Å². The fourth-order valence-corrected chi connectivity index (χ4v) is 0.846. The predicted octanol–water partition coefficient (Wildman–Crippen LogP) is -0.0240. The topological polar surface area (TPSA) is 63.4 Å². The van der Waals surface area contributed by atoms with E-state index >= 15 is 0 Å². The molecule has 0 aromatic carbocycles. The minimum atomic E-state index is -0.543. The highest BCUT2D eigenvalue weighted by Crippen LogP contribution is 2.29. The average molecular weight is 156 g/mol. The minimum Gasteiger partial charge on any atom is -0.351 e. The maximum absolute atomic E-state index is 11.1. The molecule has 0 aromatic rings. The first kappa shape index (κ1) is 8.04. The molecule has 0 unspecified atom stereocenters. The molecule has 0 radical (unpaired) electrons. The summed E-state index contributed by atoms with van der Waals surface area (Å²) in [5.41, 5.74) is 4.94. The first-order valence-electron chi connectivity index (χ1n) is 3.64. The summed E-state index contributed by atoms with van der Waals surface area (Å²) in [5, 5.41) is 0. The van der Waals surface area contributed by atoms with E-state index < -0.39 is 6.03 Å². The summed E-state index contributed by atoms with van der Waals surface area (Å²) in [5.74, 6) is 0.336. The number of likely N-dealkylation sites (N-methyl/N-ethyl adjacent to an activating group) is 1. The van der Waals surface area contributed by atoms with Gasteiger partial charge in [-0.15, -0.1) is 0 Å². The summed E-state index contributed by atoms with van der Waals surface area (Å²) >= 11 is 0. The van der Waals surface area contributed by atoms with Crippen LogP contribution in [0.1, 0.15) is 12.8 Å². The Bertz CT molecular complexity index is 187. The number of urea groups is 1. The van der Waals surface area contributed by atoms with E-state index in [-0.39, 0.29) is 18.2 Å². The Morgan fingerprint density at radius 2 is 2.09 bits per heavy atom.